The highest BCUT2D eigenvalue weighted by atomic mass is 32.2. The molecule has 0 aromatic heterocycles. The number of nitrogens with zero attached hydrogens (tertiary/aromatic N) is 2. The smallest absolute Gasteiger partial charge is 0.293 e. The Kier molecular flexibility index (Phi) is 6.16. The van der Waals surface area contributed by atoms with Gasteiger partial charge in [-0.3, -0.25) is 19.3 Å². The molecule has 0 saturated carbocycles. The molecule has 1 heterocycles. The van der Waals surface area contributed by atoms with Gasteiger partial charge in [0.1, 0.15) is 0 Å². The summed E-state index contributed by atoms with van der Waals surface area (Å²) in [5, 5.41) is 2.44. The first-order chi connectivity index (χ1) is 13.5. The first-order valence-corrected chi connectivity index (χ1v) is 9.63. The second-order valence-corrected chi connectivity index (χ2v) is 7.44. The minimum atomic E-state index is -0.331. The van der Waals surface area contributed by atoms with Gasteiger partial charge in [0.25, 0.3) is 17.1 Å². The molecule has 0 atom stereocenters. The summed E-state index contributed by atoms with van der Waals surface area (Å²) in [6.07, 6.45) is 1.70. The molecule has 144 valence electrons. The molecule has 0 radical (unpaired) electrons. The van der Waals surface area contributed by atoms with Crippen molar-refractivity contribution in [3.05, 3.63) is 70.6 Å². The molecule has 7 heteroatoms. The van der Waals surface area contributed by atoms with E-state index < -0.39 is 0 Å². The Balaban J connectivity index is 1.58. The Bertz CT molecular complexity index is 926. The summed E-state index contributed by atoms with van der Waals surface area (Å²) in [4.78, 5) is 40.4. The van der Waals surface area contributed by atoms with Gasteiger partial charge in [-0.25, -0.2) is 0 Å². The van der Waals surface area contributed by atoms with Gasteiger partial charge in [0.15, 0.2) is 0 Å². The maximum Gasteiger partial charge on any atom is 0.293 e. The molecule has 3 rings (SSSR count). The molecular formula is C21H21N3O3S. The van der Waals surface area contributed by atoms with Crippen LogP contribution in [0, 0.1) is 0 Å². The first-order valence-electron chi connectivity index (χ1n) is 8.82. The van der Waals surface area contributed by atoms with E-state index in [0.717, 1.165) is 27.9 Å². The third-order valence-corrected chi connectivity index (χ3v) is 5.12. The van der Waals surface area contributed by atoms with Gasteiger partial charge in [-0.05, 0) is 41.6 Å². The summed E-state index contributed by atoms with van der Waals surface area (Å²) >= 11 is 0.917. The van der Waals surface area contributed by atoms with Crippen molar-refractivity contribution in [2.45, 2.75) is 0 Å². The van der Waals surface area contributed by atoms with Crippen molar-refractivity contribution in [3.63, 3.8) is 0 Å². The molecule has 28 heavy (non-hydrogen) atoms. The van der Waals surface area contributed by atoms with E-state index >= 15 is 0 Å². The lowest BCUT2D eigenvalue weighted by molar-refractivity contribution is -0.122. The van der Waals surface area contributed by atoms with Crippen LogP contribution in [0.25, 0.3) is 6.08 Å². The van der Waals surface area contributed by atoms with Gasteiger partial charge in [-0.2, -0.15) is 0 Å². The second-order valence-electron chi connectivity index (χ2n) is 6.44. The van der Waals surface area contributed by atoms with Crippen molar-refractivity contribution >= 4 is 40.6 Å². The van der Waals surface area contributed by atoms with Crippen molar-refractivity contribution in [1.82, 2.24) is 10.2 Å². The highest BCUT2D eigenvalue weighted by Gasteiger charge is 2.34. The van der Waals surface area contributed by atoms with Gasteiger partial charge < -0.3 is 10.2 Å². The molecule has 0 unspecified atom stereocenters. The number of carbonyl (C=O) groups excluding carboxylic acids is 3. The predicted octanol–water partition coefficient (Wildman–Crippen LogP) is 3.22. The lowest BCUT2D eigenvalue weighted by Gasteiger charge is -2.15. The molecule has 6 nitrogen and oxygen atoms in total. The zero-order valence-electron chi connectivity index (χ0n) is 15.7. The molecule has 0 spiro atoms. The molecule has 0 aliphatic carbocycles. The summed E-state index contributed by atoms with van der Waals surface area (Å²) in [7, 11) is 3.81. The van der Waals surface area contributed by atoms with Crippen LogP contribution in [-0.4, -0.2) is 49.1 Å². The Morgan fingerprint density at radius 1 is 1.11 bits per heavy atom. The lowest BCUT2D eigenvalue weighted by Crippen LogP contribution is -2.37. The number of benzene rings is 2. The van der Waals surface area contributed by atoms with E-state index in [9.17, 15) is 14.4 Å². The average Bonchev–Trinajstić information content (AvgIpc) is 2.96. The van der Waals surface area contributed by atoms with Crippen molar-refractivity contribution in [2.24, 2.45) is 0 Å². The number of hydrogen-bond acceptors (Lipinski definition) is 5. The van der Waals surface area contributed by atoms with Gasteiger partial charge in [-0.15, -0.1) is 0 Å². The number of carbonyl (C=O) groups is 3. The summed E-state index contributed by atoms with van der Waals surface area (Å²) in [5.41, 5.74) is 2.32. The molecule has 1 aliphatic rings. The fourth-order valence-corrected chi connectivity index (χ4v) is 3.57. The second kappa shape index (κ2) is 8.75. The topological polar surface area (TPSA) is 69.7 Å². The Morgan fingerprint density at radius 3 is 2.57 bits per heavy atom. The standard InChI is InChI=1S/C21H21N3O3S/c1-23(2)17-10-6-9-16(14-17)19(25)22-11-12-24-20(26)18(28-21(24)27)13-15-7-4-3-5-8-15/h3-10,13-14H,11-12H2,1-2H3,(H,22,25). The molecule has 2 aromatic carbocycles. The fourth-order valence-electron chi connectivity index (χ4n) is 2.70. The normalized spacial score (nSPS) is 15.2. The van der Waals surface area contributed by atoms with Crippen LogP contribution in [0.15, 0.2) is 59.5 Å². The molecule has 1 saturated heterocycles. The third-order valence-electron chi connectivity index (χ3n) is 4.22. The lowest BCUT2D eigenvalue weighted by atomic mass is 10.2. The maximum atomic E-state index is 12.5. The zero-order chi connectivity index (χ0) is 20.1. The summed E-state index contributed by atoms with van der Waals surface area (Å²) < 4.78 is 0. The van der Waals surface area contributed by atoms with Gasteiger partial charge in [0, 0.05) is 38.4 Å². The van der Waals surface area contributed by atoms with E-state index in [1.165, 1.54) is 0 Å². The van der Waals surface area contributed by atoms with Crippen molar-refractivity contribution in [3.8, 4) is 0 Å². The average molecular weight is 395 g/mol. The minimum absolute atomic E-state index is 0.135. The molecule has 3 amide bonds. The first kappa shape index (κ1) is 19.7. The molecule has 1 N–H and O–H groups in total. The van der Waals surface area contributed by atoms with Crippen molar-refractivity contribution in [2.75, 3.05) is 32.1 Å². The van der Waals surface area contributed by atoms with Gasteiger partial charge in [0.2, 0.25) is 0 Å². The molecule has 1 fully saturated rings. The van der Waals surface area contributed by atoms with Crippen LogP contribution in [0.5, 0.6) is 0 Å². The number of nitrogens with one attached hydrogen (secondary N) is 1. The molecular weight excluding hydrogens is 374 g/mol. The van der Waals surface area contributed by atoms with E-state index in [4.69, 9.17) is 0 Å². The van der Waals surface area contributed by atoms with Crippen LogP contribution in [0.3, 0.4) is 0 Å². The summed E-state index contributed by atoms with van der Waals surface area (Å²) in [5.74, 6) is -0.571. The minimum Gasteiger partial charge on any atom is -0.378 e. The van der Waals surface area contributed by atoms with E-state index in [1.54, 1.807) is 18.2 Å². The van der Waals surface area contributed by atoms with Crippen LogP contribution in [-0.2, 0) is 4.79 Å². The molecule has 0 bridgehead atoms. The van der Waals surface area contributed by atoms with E-state index in [2.05, 4.69) is 5.32 Å². The largest absolute Gasteiger partial charge is 0.378 e. The highest BCUT2D eigenvalue weighted by Crippen LogP contribution is 2.31. The maximum absolute atomic E-state index is 12.5. The Morgan fingerprint density at radius 2 is 1.86 bits per heavy atom. The van der Waals surface area contributed by atoms with Crippen LogP contribution in [0.1, 0.15) is 15.9 Å². The summed E-state index contributed by atoms with van der Waals surface area (Å²) in [6, 6.07) is 16.6. The number of rotatable bonds is 6. The van der Waals surface area contributed by atoms with Crippen LogP contribution >= 0.6 is 11.8 Å². The number of hydrogen-bond donors (Lipinski definition) is 1. The predicted molar refractivity (Wildman–Crippen MR) is 112 cm³/mol. The molecule has 2 aromatic rings. The molecule has 1 aliphatic heterocycles. The van der Waals surface area contributed by atoms with E-state index in [0.29, 0.717) is 10.5 Å². The fraction of sp³-hybridized carbons (Fsp3) is 0.190. The van der Waals surface area contributed by atoms with Crippen molar-refractivity contribution in [1.29, 1.82) is 0 Å². The van der Waals surface area contributed by atoms with Crippen molar-refractivity contribution < 1.29 is 14.4 Å². The number of imide groups is 1. The monoisotopic (exact) mass is 395 g/mol. The number of anilines is 1. The van der Waals surface area contributed by atoms with Crippen LogP contribution in [0.2, 0.25) is 0 Å². The van der Waals surface area contributed by atoms with Gasteiger partial charge >= 0.3 is 0 Å². The number of amides is 3. The summed E-state index contributed by atoms with van der Waals surface area (Å²) in [6.45, 7) is 0.331. The highest BCUT2D eigenvalue weighted by molar-refractivity contribution is 8.18. The van der Waals surface area contributed by atoms with Gasteiger partial charge in [0.05, 0.1) is 4.91 Å². The zero-order valence-corrected chi connectivity index (χ0v) is 16.5. The quantitative estimate of drug-likeness (QED) is 0.761. The number of thioether (sulfide) groups is 1. The SMILES string of the molecule is CN(C)c1cccc(C(=O)NCCN2C(=O)SC(=Cc3ccccc3)C2=O)c1. The third kappa shape index (κ3) is 4.61. The Labute approximate surface area is 168 Å². The Hall–Kier alpha value is -3.06. The van der Waals surface area contributed by atoms with Gasteiger partial charge in [-0.1, -0.05) is 36.4 Å². The van der Waals surface area contributed by atoms with E-state index in [1.807, 2.05) is 61.5 Å². The van der Waals surface area contributed by atoms with Crippen LogP contribution < -0.4 is 10.2 Å². The van der Waals surface area contributed by atoms with E-state index in [-0.39, 0.29) is 30.1 Å². The van der Waals surface area contributed by atoms with Crippen LogP contribution in [0.4, 0.5) is 10.5 Å².